The summed E-state index contributed by atoms with van der Waals surface area (Å²) in [6, 6.07) is 8.53. The molecule has 2 aliphatic rings. The van der Waals surface area contributed by atoms with Crippen molar-refractivity contribution in [2.24, 2.45) is 0 Å². The first-order valence-corrected chi connectivity index (χ1v) is 7.28. The van der Waals surface area contributed by atoms with Crippen molar-refractivity contribution in [2.75, 3.05) is 6.54 Å². The summed E-state index contributed by atoms with van der Waals surface area (Å²) in [5, 5.41) is 0. The third-order valence-corrected chi connectivity index (χ3v) is 5.61. The van der Waals surface area contributed by atoms with E-state index in [2.05, 4.69) is 39.8 Å². The Morgan fingerprint density at radius 3 is 2.72 bits per heavy atom. The molecule has 1 aromatic carbocycles. The van der Waals surface area contributed by atoms with Crippen LogP contribution in [0.1, 0.15) is 28.2 Å². The topological polar surface area (TPSA) is 20.3 Å². The molecule has 2 nitrogen and oxygen atoms in total. The molecule has 1 aromatic rings. The Morgan fingerprint density at radius 2 is 2.00 bits per heavy atom. The molecule has 1 saturated heterocycles. The van der Waals surface area contributed by atoms with Crippen molar-refractivity contribution in [3.8, 4) is 0 Å². The maximum absolute atomic E-state index is 11.6. The average Bonchev–Trinajstić information content (AvgIpc) is 2.88. The molecule has 0 spiro atoms. The molecule has 0 N–H and O–H groups in total. The fraction of sp³-hybridized carbons (Fsp3) is 0.308. The van der Waals surface area contributed by atoms with Crippen LogP contribution in [0, 0.1) is 0 Å². The number of halogens is 2. The van der Waals surface area contributed by atoms with Crippen LogP contribution < -0.4 is 24.8 Å². The van der Waals surface area contributed by atoms with Crippen molar-refractivity contribution in [2.45, 2.75) is 17.1 Å². The first-order valence-electron chi connectivity index (χ1n) is 5.68. The number of hydrogen-bond acceptors (Lipinski definition) is 1. The maximum Gasteiger partial charge on any atom is -1.00 e. The Bertz CT molecular complexity index is 464. The fourth-order valence-corrected chi connectivity index (χ4v) is 4.60. The first-order chi connectivity index (χ1) is 7.84. The number of benzene rings is 1. The van der Waals surface area contributed by atoms with Gasteiger partial charge in [-0.25, -0.2) is 0 Å². The van der Waals surface area contributed by atoms with Gasteiger partial charge >= 0.3 is 105 Å². The summed E-state index contributed by atoms with van der Waals surface area (Å²) >= 11 is -0.360. The molecule has 1 atom stereocenters. The van der Waals surface area contributed by atoms with Gasteiger partial charge in [-0.3, -0.25) is 0 Å². The van der Waals surface area contributed by atoms with Crippen molar-refractivity contribution < 1.29 is 49.0 Å². The van der Waals surface area contributed by atoms with E-state index in [0.29, 0.717) is 10.1 Å². The summed E-state index contributed by atoms with van der Waals surface area (Å²) in [6.45, 7) is 0.991. The number of hydrogen-bond donors (Lipinski definition) is 0. The molecule has 1 unspecified atom stereocenters. The molecule has 1 heterocycles. The molecule has 1 amide bonds. The second kappa shape index (κ2) is 6.76. The van der Waals surface area contributed by atoms with E-state index in [4.69, 9.17) is 0 Å². The molecule has 5 heteroatoms. The third-order valence-electron chi connectivity index (χ3n) is 3.17. The van der Waals surface area contributed by atoms with E-state index in [9.17, 15) is 4.79 Å². The number of carbonyl (C=O) groups excluding carboxylic acids is 1. The van der Waals surface area contributed by atoms with Gasteiger partial charge in [0.15, 0.2) is 0 Å². The third kappa shape index (κ3) is 3.00. The van der Waals surface area contributed by atoms with Gasteiger partial charge in [0.25, 0.3) is 0 Å². The van der Waals surface area contributed by atoms with E-state index in [1.807, 2.05) is 0 Å². The molecule has 0 bridgehead atoms. The molecule has 3 rings (SSSR count). The predicted octanol–water partition coefficient (Wildman–Crippen LogP) is -3.62. The predicted molar refractivity (Wildman–Crippen MR) is 59.2 cm³/mol. The molecule has 0 aromatic heterocycles. The van der Waals surface area contributed by atoms with Crippen molar-refractivity contribution in [3.63, 3.8) is 0 Å². The number of allylic oxidation sites excluding steroid dienone is 1. The van der Waals surface area contributed by atoms with Crippen LogP contribution in [0.5, 0.6) is 0 Å². The standard InChI is InChI=1S/C9H7.C4H7NO.2ClH.Ti/c1-2-5-9-7-3-6-8(9)4-1;6-4-2-1-3-5-4;;;/h1-7H;1-3H2,(H,5,6);2*1H;/q;;;;+3/p-3. The van der Waals surface area contributed by atoms with Gasteiger partial charge in [0.2, 0.25) is 0 Å². The van der Waals surface area contributed by atoms with E-state index in [0.717, 1.165) is 19.4 Å². The summed E-state index contributed by atoms with van der Waals surface area (Å²) in [5.74, 6) is 0.373. The number of nitrogens with zero attached hydrogens (tertiary/aromatic N) is 1. The van der Waals surface area contributed by atoms with Crippen molar-refractivity contribution >= 4 is 12.0 Å². The molecular formula is C13H13Cl2NOTi. The van der Waals surface area contributed by atoms with E-state index >= 15 is 0 Å². The molecule has 0 radical (unpaired) electrons. The van der Waals surface area contributed by atoms with Crippen LogP contribution in [0.25, 0.3) is 6.08 Å². The normalized spacial score (nSPS) is 19.9. The molecule has 1 aliphatic carbocycles. The fourth-order valence-electron chi connectivity index (χ4n) is 2.31. The molecule has 18 heavy (non-hydrogen) atoms. The van der Waals surface area contributed by atoms with Crippen molar-refractivity contribution in [1.82, 2.24) is 3.38 Å². The largest absolute Gasteiger partial charge is 1.00 e. The smallest absolute Gasteiger partial charge is 1.00 e. The molecule has 0 saturated carbocycles. The Morgan fingerprint density at radius 1 is 1.22 bits per heavy atom. The van der Waals surface area contributed by atoms with Crippen molar-refractivity contribution in [1.29, 1.82) is 0 Å². The second-order valence-corrected chi connectivity index (χ2v) is 6.46. The van der Waals surface area contributed by atoms with Gasteiger partial charge in [0, 0.05) is 0 Å². The minimum Gasteiger partial charge on any atom is -1.00 e. The Balaban J connectivity index is 0.000000810. The minimum atomic E-state index is -0.360. The van der Waals surface area contributed by atoms with Crippen LogP contribution in [0.2, 0.25) is 0 Å². The van der Waals surface area contributed by atoms with Crippen molar-refractivity contribution in [3.05, 3.63) is 41.5 Å². The molecule has 1 fully saturated rings. The molecule has 94 valence electrons. The molecule has 1 aliphatic heterocycles. The quantitative estimate of drug-likeness (QED) is 0.516. The van der Waals surface area contributed by atoms with Crippen LogP contribution >= 0.6 is 0 Å². The zero-order valence-electron chi connectivity index (χ0n) is 9.77. The first kappa shape index (κ1) is 15.8. The SMILES string of the molecule is O=C1CCC[N]1[Ti+2][CH]1C=Cc2ccccc21.[Cl-].[Cl-]. The summed E-state index contributed by atoms with van der Waals surface area (Å²) < 4.78 is 2.65. The number of carbonyl (C=O) groups is 1. The van der Waals surface area contributed by atoms with Crippen LogP contribution in [0.3, 0.4) is 0 Å². The number of amides is 1. The second-order valence-electron chi connectivity index (χ2n) is 4.24. The van der Waals surface area contributed by atoms with Gasteiger partial charge < -0.3 is 24.8 Å². The van der Waals surface area contributed by atoms with E-state index < -0.39 is 0 Å². The van der Waals surface area contributed by atoms with Gasteiger partial charge in [-0.2, -0.15) is 0 Å². The Hall–Kier alpha value is -0.276. The van der Waals surface area contributed by atoms with Gasteiger partial charge in [0.1, 0.15) is 0 Å². The van der Waals surface area contributed by atoms with Gasteiger partial charge in [-0.05, 0) is 0 Å². The van der Waals surface area contributed by atoms with E-state index in [1.54, 1.807) is 0 Å². The van der Waals surface area contributed by atoms with Crippen LogP contribution in [0.15, 0.2) is 30.3 Å². The minimum absolute atomic E-state index is 0. The maximum atomic E-state index is 11.6. The van der Waals surface area contributed by atoms with E-state index in [-0.39, 0.29) is 44.2 Å². The number of rotatable bonds is 2. The van der Waals surface area contributed by atoms with Crippen LogP contribution in [-0.2, 0) is 24.2 Å². The number of fused-ring (bicyclic) bond motifs is 1. The van der Waals surface area contributed by atoms with Crippen LogP contribution in [0.4, 0.5) is 0 Å². The van der Waals surface area contributed by atoms with Crippen LogP contribution in [-0.4, -0.2) is 15.8 Å². The van der Waals surface area contributed by atoms with Gasteiger partial charge in [-0.1, -0.05) is 0 Å². The summed E-state index contributed by atoms with van der Waals surface area (Å²) in [6.07, 6.45) is 6.29. The summed E-state index contributed by atoms with van der Waals surface area (Å²) in [5.41, 5.74) is 2.75. The summed E-state index contributed by atoms with van der Waals surface area (Å²) in [7, 11) is 0. The zero-order valence-corrected chi connectivity index (χ0v) is 12.8. The van der Waals surface area contributed by atoms with Gasteiger partial charge in [0.05, 0.1) is 0 Å². The van der Waals surface area contributed by atoms with Gasteiger partial charge in [-0.15, -0.1) is 0 Å². The summed E-state index contributed by atoms with van der Waals surface area (Å²) in [4.78, 5) is 11.6. The average molecular weight is 318 g/mol. The van der Waals surface area contributed by atoms with E-state index in [1.165, 1.54) is 11.1 Å². The monoisotopic (exact) mass is 317 g/mol. The zero-order chi connectivity index (χ0) is 11.0. The Labute approximate surface area is 129 Å². The Kier molecular flexibility index (Phi) is 5.93. The molecular weight excluding hydrogens is 305 g/mol.